The third kappa shape index (κ3) is 6.37. The third-order valence-corrected chi connectivity index (χ3v) is 8.65. The van der Waals surface area contributed by atoms with Crippen LogP contribution in [0, 0.1) is 0 Å². The van der Waals surface area contributed by atoms with Crippen LogP contribution >= 0.6 is 46.1 Å². The highest BCUT2D eigenvalue weighted by molar-refractivity contribution is 7.07. The van der Waals surface area contributed by atoms with E-state index in [0.29, 0.717) is 48.4 Å². The van der Waals surface area contributed by atoms with E-state index in [1.54, 1.807) is 64.5 Å². The van der Waals surface area contributed by atoms with Gasteiger partial charge in [-0.15, -0.1) is 0 Å². The van der Waals surface area contributed by atoms with Gasteiger partial charge in [-0.2, -0.15) is 0 Å². The maximum atomic E-state index is 14.0. The minimum atomic E-state index is -0.730. The summed E-state index contributed by atoms with van der Waals surface area (Å²) in [6.07, 6.45) is 1.77. The molecule has 0 N–H and O–H groups in total. The van der Waals surface area contributed by atoms with Crippen molar-refractivity contribution in [3.05, 3.63) is 117 Å². The predicted molar refractivity (Wildman–Crippen MR) is 172 cm³/mol. The van der Waals surface area contributed by atoms with Gasteiger partial charge in [-0.05, 0) is 67.4 Å². The monoisotopic (exact) mass is 672 g/mol. The van der Waals surface area contributed by atoms with Crippen LogP contribution in [0.5, 0.6) is 17.2 Å². The number of hydrogen-bond donors (Lipinski definition) is 0. The summed E-state index contributed by atoms with van der Waals surface area (Å²) in [5, 5.41) is 0.956. The summed E-state index contributed by atoms with van der Waals surface area (Å²) < 4.78 is 24.1. The molecule has 44 heavy (non-hydrogen) atoms. The highest BCUT2D eigenvalue weighted by atomic mass is 35.5. The fraction of sp³-hybridized carbons (Fsp3) is 0.219. The number of carbonyl (C=O) groups excluding carboxylic acids is 1. The van der Waals surface area contributed by atoms with Crippen molar-refractivity contribution in [3.8, 4) is 17.2 Å². The Morgan fingerprint density at radius 3 is 2.36 bits per heavy atom. The molecule has 4 aromatic rings. The second-order valence-corrected chi connectivity index (χ2v) is 11.9. The van der Waals surface area contributed by atoms with E-state index in [1.807, 2.05) is 24.3 Å². The Balaban J connectivity index is 1.57. The number of benzene rings is 3. The molecule has 0 bridgehead atoms. The van der Waals surface area contributed by atoms with Gasteiger partial charge in [0, 0.05) is 10.6 Å². The summed E-state index contributed by atoms with van der Waals surface area (Å²) in [5.74, 6) is 1.01. The lowest BCUT2D eigenvalue weighted by Crippen LogP contribution is -2.39. The van der Waals surface area contributed by atoms with Crippen LogP contribution in [0.4, 0.5) is 0 Å². The number of rotatable bonds is 9. The minimum Gasteiger partial charge on any atom is -0.497 e. The van der Waals surface area contributed by atoms with Crippen molar-refractivity contribution in [2.24, 2.45) is 4.99 Å². The molecule has 0 fully saturated rings. The van der Waals surface area contributed by atoms with Gasteiger partial charge in [-0.3, -0.25) is 9.36 Å². The topological polar surface area (TPSA) is 88.4 Å². The molecule has 8 nitrogen and oxygen atoms in total. The zero-order chi connectivity index (χ0) is 31.5. The number of carbonyl (C=O) groups is 1. The summed E-state index contributed by atoms with van der Waals surface area (Å²) in [4.78, 5) is 32.2. The van der Waals surface area contributed by atoms with Gasteiger partial charge >= 0.3 is 5.97 Å². The molecule has 5 rings (SSSR count). The molecule has 0 amide bonds. The van der Waals surface area contributed by atoms with E-state index in [0.717, 1.165) is 11.1 Å². The third-order valence-electron chi connectivity index (χ3n) is 6.89. The molecule has 12 heteroatoms. The van der Waals surface area contributed by atoms with Gasteiger partial charge in [0.1, 0.15) is 18.1 Å². The number of ether oxygens (including phenoxy) is 4. The number of aromatic nitrogens is 1. The standard InChI is InChI=1S/C32H27Cl3N2O6S/c1-5-42-31(39)27-17(2)36-32-37(28(27)19-7-9-22(40-3)10-8-19)30(38)26(44-32)13-18-6-11-25(41-4)20(12-18)16-43-29-23(34)14-21(33)15-24(29)35/h6-15,28H,5,16H2,1-4H3/b26-13-. The van der Waals surface area contributed by atoms with Crippen LogP contribution in [-0.4, -0.2) is 31.4 Å². The second kappa shape index (κ2) is 13.5. The number of allylic oxidation sites excluding steroid dienone is 1. The zero-order valence-corrected chi connectivity index (χ0v) is 27.2. The summed E-state index contributed by atoms with van der Waals surface area (Å²) in [5.41, 5.74) is 2.65. The quantitative estimate of drug-likeness (QED) is 0.192. The number of esters is 1. The van der Waals surface area contributed by atoms with Crippen molar-refractivity contribution < 1.29 is 23.7 Å². The molecule has 0 saturated carbocycles. The van der Waals surface area contributed by atoms with Crippen molar-refractivity contribution in [2.75, 3.05) is 20.8 Å². The summed E-state index contributed by atoms with van der Waals surface area (Å²) in [7, 11) is 3.13. The molecular formula is C32H27Cl3N2O6S. The van der Waals surface area contributed by atoms with E-state index >= 15 is 0 Å². The van der Waals surface area contributed by atoms with Gasteiger partial charge < -0.3 is 18.9 Å². The molecule has 0 aliphatic carbocycles. The largest absolute Gasteiger partial charge is 0.497 e. The summed E-state index contributed by atoms with van der Waals surface area (Å²) >= 11 is 19.8. The zero-order valence-electron chi connectivity index (χ0n) is 24.2. The molecule has 0 saturated heterocycles. The van der Waals surface area contributed by atoms with E-state index in [9.17, 15) is 9.59 Å². The second-order valence-electron chi connectivity index (χ2n) is 9.63. The van der Waals surface area contributed by atoms with Crippen LogP contribution in [0.1, 0.15) is 36.6 Å². The lowest BCUT2D eigenvalue weighted by atomic mass is 9.96. The Morgan fingerprint density at radius 2 is 1.73 bits per heavy atom. The maximum absolute atomic E-state index is 14.0. The Bertz CT molecular complexity index is 1930. The van der Waals surface area contributed by atoms with Crippen LogP contribution in [0.2, 0.25) is 15.1 Å². The van der Waals surface area contributed by atoms with Gasteiger partial charge in [-0.25, -0.2) is 9.79 Å². The first kappa shape index (κ1) is 31.7. The molecule has 1 aromatic heterocycles. The van der Waals surface area contributed by atoms with E-state index in [-0.39, 0.29) is 28.8 Å². The fourth-order valence-electron chi connectivity index (χ4n) is 4.86. The van der Waals surface area contributed by atoms with Gasteiger partial charge in [0.05, 0.1) is 52.7 Å². The Hall–Kier alpha value is -3.76. The Morgan fingerprint density at radius 1 is 1.02 bits per heavy atom. The number of methoxy groups -OCH3 is 2. The van der Waals surface area contributed by atoms with E-state index < -0.39 is 12.0 Å². The summed E-state index contributed by atoms with van der Waals surface area (Å²) in [6.45, 7) is 3.76. The number of thiazole rings is 1. The molecule has 1 unspecified atom stereocenters. The molecule has 0 spiro atoms. The van der Waals surface area contributed by atoms with Crippen LogP contribution < -0.4 is 29.1 Å². The molecule has 3 aromatic carbocycles. The first-order chi connectivity index (χ1) is 21.1. The van der Waals surface area contributed by atoms with Gasteiger partial charge in [0.25, 0.3) is 5.56 Å². The molecule has 1 aliphatic heterocycles. The molecule has 2 heterocycles. The number of halogens is 3. The average molecular weight is 674 g/mol. The maximum Gasteiger partial charge on any atom is 0.338 e. The smallest absolute Gasteiger partial charge is 0.338 e. The summed E-state index contributed by atoms with van der Waals surface area (Å²) in [6, 6.07) is 15.1. The van der Waals surface area contributed by atoms with Crippen LogP contribution in [0.3, 0.4) is 0 Å². The first-order valence-electron chi connectivity index (χ1n) is 13.4. The number of nitrogens with zero attached hydrogens (tertiary/aromatic N) is 2. The number of hydrogen-bond acceptors (Lipinski definition) is 8. The molecule has 1 atom stereocenters. The van der Waals surface area contributed by atoms with E-state index in [1.165, 1.54) is 15.9 Å². The van der Waals surface area contributed by atoms with Crippen LogP contribution in [0.25, 0.3) is 6.08 Å². The molecule has 1 aliphatic rings. The Labute approximate surface area is 272 Å². The predicted octanol–water partition coefficient (Wildman–Crippen LogP) is 6.35. The van der Waals surface area contributed by atoms with Gasteiger partial charge in [-0.1, -0.05) is 64.3 Å². The van der Waals surface area contributed by atoms with Crippen molar-refractivity contribution in [1.82, 2.24) is 4.57 Å². The number of fused-ring (bicyclic) bond motifs is 1. The van der Waals surface area contributed by atoms with Crippen molar-refractivity contribution in [1.29, 1.82) is 0 Å². The normalized spacial score (nSPS) is 14.6. The van der Waals surface area contributed by atoms with E-state index in [4.69, 9.17) is 53.8 Å². The fourth-order valence-corrected chi connectivity index (χ4v) is 6.84. The van der Waals surface area contributed by atoms with Crippen LogP contribution in [-0.2, 0) is 16.1 Å². The Kier molecular flexibility index (Phi) is 9.70. The lowest BCUT2D eigenvalue weighted by molar-refractivity contribution is -0.139. The highest BCUT2D eigenvalue weighted by Crippen LogP contribution is 2.37. The minimum absolute atomic E-state index is 0.0900. The molecule has 0 radical (unpaired) electrons. The van der Waals surface area contributed by atoms with Crippen molar-refractivity contribution >= 4 is 58.2 Å². The average Bonchev–Trinajstić information content (AvgIpc) is 3.29. The van der Waals surface area contributed by atoms with Gasteiger partial charge in [0.2, 0.25) is 0 Å². The molecule has 228 valence electrons. The van der Waals surface area contributed by atoms with Crippen molar-refractivity contribution in [2.45, 2.75) is 26.5 Å². The molecular weight excluding hydrogens is 647 g/mol. The van der Waals surface area contributed by atoms with Crippen LogP contribution in [0.15, 0.2) is 75.7 Å². The van der Waals surface area contributed by atoms with Crippen molar-refractivity contribution in [3.63, 3.8) is 0 Å². The first-order valence-corrected chi connectivity index (χ1v) is 15.4. The SMILES string of the molecule is CCOC(=O)C1=C(C)N=c2s/c(=C\c3ccc(OC)c(COc4c(Cl)cc(Cl)cc4Cl)c3)c(=O)n2C1c1ccc(OC)cc1. The van der Waals surface area contributed by atoms with E-state index in [2.05, 4.69) is 4.99 Å². The lowest BCUT2D eigenvalue weighted by Gasteiger charge is -2.24. The van der Waals surface area contributed by atoms with Gasteiger partial charge in [0.15, 0.2) is 10.6 Å². The highest BCUT2D eigenvalue weighted by Gasteiger charge is 2.33.